The summed E-state index contributed by atoms with van der Waals surface area (Å²) in [6.07, 6.45) is 5.43. The van der Waals surface area contributed by atoms with E-state index in [0.29, 0.717) is 6.04 Å². The number of nitrogens with one attached hydrogen (secondary N) is 1. The lowest BCUT2D eigenvalue weighted by Gasteiger charge is -2.19. The fraction of sp³-hybridized carbons (Fsp3) is 0.692. The molecule has 0 amide bonds. The molecule has 2 atom stereocenters. The third-order valence-electron chi connectivity index (χ3n) is 3.02. The molecule has 2 nitrogen and oxygen atoms in total. The molecule has 0 radical (unpaired) electrons. The topological polar surface area (TPSA) is 25.2 Å². The van der Waals surface area contributed by atoms with Crippen molar-refractivity contribution in [2.24, 2.45) is 5.92 Å². The van der Waals surface area contributed by atoms with E-state index in [2.05, 4.69) is 26.1 Å². The molecule has 0 aromatic carbocycles. The molecule has 0 spiro atoms. The van der Waals surface area contributed by atoms with E-state index >= 15 is 0 Å². The summed E-state index contributed by atoms with van der Waals surface area (Å²) in [4.78, 5) is 0. The standard InChI is InChI=1S/C13H23NO/c1-4-11(3)9-12(5-2)14-10-13-7-6-8-15-13/h6-8,11-12,14H,4-5,9-10H2,1-3H3/t11-,12-/m0/s1. The molecular formula is C13H23NO. The van der Waals surface area contributed by atoms with Crippen molar-refractivity contribution < 1.29 is 4.42 Å². The highest BCUT2D eigenvalue weighted by Gasteiger charge is 2.10. The van der Waals surface area contributed by atoms with Gasteiger partial charge < -0.3 is 9.73 Å². The summed E-state index contributed by atoms with van der Waals surface area (Å²) in [6, 6.07) is 4.57. The van der Waals surface area contributed by atoms with Crippen LogP contribution in [0.4, 0.5) is 0 Å². The molecule has 1 rings (SSSR count). The van der Waals surface area contributed by atoms with Gasteiger partial charge in [0.25, 0.3) is 0 Å². The van der Waals surface area contributed by atoms with Crippen LogP contribution in [0.15, 0.2) is 22.8 Å². The maximum atomic E-state index is 5.30. The van der Waals surface area contributed by atoms with Crippen LogP contribution in [-0.2, 0) is 6.54 Å². The van der Waals surface area contributed by atoms with Crippen molar-refractivity contribution in [1.82, 2.24) is 5.32 Å². The van der Waals surface area contributed by atoms with Gasteiger partial charge in [-0.3, -0.25) is 0 Å². The Morgan fingerprint density at radius 1 is 1.33 bits per heavy atom. The zero-order chi connectivity index (χ0) is 11.1. The van der Waals surface area contributed by atoms with E-state index in [1.54, 1.807) is 6.26 Å². The first-order valence-electron chi connectivity index (χ1n) is 6.02. The van der Waals surface area contributed by atoms with E-state index in [9.17, 15) is 0 Å². The van der Waals surface area contributed by atoms with Gasteiger partial charge in [0.15, 0.2) is 0 Å². The molecule has 1 heterocycles. The van der Waals surface area contributed by atoms with E-state index in [4.69, 9.17) is 4.42 Å². The first-order valence-corrected chi connectivity index (χ1v) is 6.02. The maximum absolute atomic E-state index is 5.30. The number of furan rings is 1. The van der Waals surface area contributed by atoms with Crippen LogP contribution in [0.5, 0.6) is 0 Å². The van der Waals surface area contributed by atoms with Gasteiger partial charge in [0.05, 0.1) is 12.8 Å². The molecule has 0 bridgehead atoms. The van der Waals surface area contributed by atoms with Crippen molar-refractivity contribution >= 4 is 0 Å². The van der Waals surface area contributed by atoms with Crippen molar-refractivity contribution in [3.63, 3.8) is 0 Å². The molecule has 0 saturated carbocycles. The van der Waals surface area contributed by atoms with Crippen molar-refractivity contribution in [2.75, 3.05) is 0 Å². The van der Waals surface area contributed by atoms with Crippen molar-refractivity contribution in [3.8, 4) is 0 Å². The van der Waals surface area contributed by atoms with E-state index < -0.39 is 0 Å². The number of hydrogen-bond donors (Lipinski definition) is 1. The van der Waals surface area contributed by atoms with Crippen LogP contribution < -0.4 is 5.32 Å². The summed E-state index contributed by atoms with van der Waals surface area (Å²) in [5, 5.41) is 3.54. The molecule has 0 aliphatic rings. The smallest absolute Gasteiger partial charge is 0.117 e. The van der Waals surface area contributed by atoms with Gasteiger partial charge in [0, 0.05) is 6.04 Å². The zero-order valence-corrected chi connectivity index (χ0v) is 10.1. The molecule has 0 aliphatic heterocycles. The van der Waals surface area contributed by atoms with Crippen LogP contribution in [0.1, 0.15) is 45.8 Å². The summed E-state index contributed by atoms with van der Waals surface area (Å²) >= 11 is 0. The average molecular weight is 209 g/mol. The monoisotopic (exact) mass is 209 g/mol. The van der Waals surface area contributed by atoms with Crippen LogP contribution in [0, 0.1) is 5.92 Å². The van der Waals surface area contributed by atoms with Gasteiger partial charge >= 0.3 is 0 Å². The lowest BCUT2D eigenvalue weighted by molar-refractivity contribution is 0.367. The minimum atomic E-state index is 0.616. The van der Waals surface area contributed by atoms with E-state index in [0.717, 1.165) is 18.2 Å². The Morgan fingerprint density at radius 3 is 2.67 bits per heavy atom. The van der Waals surface area contributed by atoms with Crippen LogP contribution in [0.3, 0.4) is 0 Å². The quantitative estimate of drug-likeness (QED) is 0.742. The first kappa shape index (κ1) is 12.3. The van der Waals surface area contributed by atoms with E-state index in [1.165, 1.54) is 19.3 Å². The second-order valence-corrected chi connectivity index (χ2v) is 4.31. The highest BCUT2D eigenvalue weighted by atomic mass is 16.3. The van der Waals surface area contributed by atoms with Crippen molar-refractivity contribution in [3.05, 3.63) is 24.2 Å². The normalized spacial score (nSPS) is 15.1. The van der Waals surface area contributed by atoms with Gasteiger partial charge in [-0.2, -0.15) is 0 Å². The third kappa shape index (κ3) is 4.52. The Labute approximate surface area is 93.1 Å². The molecule has 1 aromatic rings. The van der Waals surface area contributed by atoms with Crippen LogP contribution in [0.25, 0.3) is 0 Å². The van der Waals surface area contributed by atoms with E-state index in [-0.39, 0.29) is 0 Å². The Kier molecular flexibility index (Phi) is 5.48. The fourth-order valence-corrected chi connectivity index (χ4v) is 1.70. The largest absolute Gasteiger partial charge is 0.468 e. The molecule has 0 unspecified atom stereocenters. The number of hydrogen-bond acceptors (Lipinski definition) is 2. The Balaban J connectivity index is 2.27. The lowest BCUT2D eigenvalue weighted by atomic mass is 9.98. The summed E-state index contributed by atoms with van der Waals surface area (Å²) < 4.78 is 5.30. The predicted molar refractivity (Wildman–Crippen MR) is 63.7 cm³/mol. The van der Waals surface area contributed by atoms with Crippen molar-refractivity contribution in [1.29, 1.82) is 0 Å². The molecule has 15 heavy (non-hydrogen) atoms. The molecule has 0 aliphatic carbocycles. The fourth-order valence-electron chi connectivity index (χ4n) is 1.70. The molecule has 86 valence electrons. The van der Waals surface area contributed by atoms with Crippen LogP contribution in [0.2, 0.25) is 0 Å². The molecule has 0 fully saturated rings. The summed E-state index contributed by atoms with van der Waals surface area (Å²) in [5.74, 6) is 1.83. The van der Waals surface area contributed by atoms with Gasteiger partial charge in [-0.1, -0.05) is 27.2 Å². The number of rotatable bonds is 7. The Morgan fingerprint density at radius 2 is 2.13 bits per heavy atom. The highest BCUT2D eigenvalue weighted by Crippen LogP contribution is 2.12. The summed E-state index contributed by atoms with van der Waals surface area (Å²) in [6.45, 7) is 7.66. The van der Waals surface area contributed by atoms with Crippen LogP contribution in [-0.4, -0.2) is 6.04 Å². The Bertz CT molecular complexity index is 243. The molecular weight excluding hydrogens is 186 g/mol. The van der Waals surface area contributed by atoms with Crippen LogP contribution >= 0.6 is 0 Å². The lowest BCUT2D eigenvalue weighted by Crippen LogP contribution is -2.29. The van der Waals surface area contributed by atoms with Gasteiger partial charge in [0.2, 0.25) is 0 Å². The van der Waals surface area contributed by atoms with Gasteiger partial charge in [-0.25, -0.2) is 0 Å². The van der Waals surface area contributed by atoms with Gasteiger partial charge in [0.1, 0.15) is 5.76 Å². The van der Waals surface area contributed by atoms with Crippen molar-refractivity contribution in [2.45, 2.75) is 52.6 Å². The van der Waals surface area contributed by atoms with Gasteiger partial charge in [-0.05, 0) is 30.9 Å². The zero-order valence-electron chi connectivity index (χ0n) is 10.1. The highest BCUT2D eigenvalue weighted by molar-refractivity contribution is 4.97. The summed E-state index contributed by atoms with van der Waals surface area (Å²) in [7, 11) is 0. The molecule has 1 N–H and O–H groups in total. The second kappa shape index (κ2) is 6.67. The first-order chi connectivity index (χ1) is 7.26. The minimum absolute atomic E-state index is 0.616. The molecule has 0 saturated heterocycles. The minimum Gasteiger partial charge on any atom is -0.468 e. The average Bonchev–Trinajstić information content (AvgIpc) is 2.76. The molecule has 1 aromatic heterocycles. The Hall–Kier alpha value is -0.760. The second-order valence-electron chi connectivity index (χ2n) is 4.31. The molecule has 2 heteroatoms. The van der Waals surface area contributed by atoms with Gasteiger partial charge in [-0.15, -0.1) is 0 Å². The van der Waals surface area contributed by atoms with E-state index in [1.807, 2.05) is 12.1 Å². The SMILES string of the molecule is CC[C@H](C)C[C@H](CC)NCc1ccco1. The predicted octanol–water partition coefficient (Wildman–Crippen LogP) is 3.58. The summed E-state index contributed by atoms with van der Waals surface area (Å²) in [5.41, 5.74) is 0. The maximum Gasteiger partial charge on any atom is 0.117 e. The third-order valence-corrected chi connectivity index (χ3v) is 3.02.